The lowest BCUT2D eigenvalue weighted by molar-refractivity contribution is -0.123. The summed E-state index contributed by atoms with van der Waals surface area (Å²) in [6, 6.07) is 10.8. The highest BCUT2D eigenvalue weighted by Crippen LogP contribution is 2.10. The summed E-state index contributed by atoms with van der Waals surface area (Å²) in [7, 11) is 0. The predicted molar refractivity (Wildman–Crippen MR) is 71.9 cm³/mol. The SMILES string of the molecule is O=C(COc1ccc(F)cc1)N/N=C/c1ccccn1. The first-order valence-corrected chi connectivity index (χ1v) is 5.85. The molecule has 0 bridgehead atoms. The Labute approximate surface area is 115 Å². The van der Waals surface area contributed by atoms with Crippen LogP contribution in [0.15, 0.2) is 53.8 Å². The van der Waals surface area contributed by atoms with Crippen molar-refractivity contribution in [2.75, 3.05) is 6.61 Å². The van der Waals surface area contributed by atoms with Crippen molar-refractivity contribution in [1.82, 2.24) is 10.4 Å². The first-order chi connectivity index (χ1) is 9.74. The molecule has 1 aromatic carbocycles. The zero-order valence-corrected chi connectivity index (χ0v) is 10.5. The highest BCUT2D eigenvalue weighted by molar-refractivity contribution is 5.81. The van der Waals surface area contributed by atoms with E-state index in [-0.39, 0.29) is 12.4 Å². The molecule has 6 heteroatoms. The van der Waals surface area contributed by atoms with Crippen LogP contribution in [0.5, 0.6) is 5.75 Å². The summed E-state index contributed by atoms with van der Waals surface area (Å²) in [6.07, 6.45) is 3.05. The van der Waals surface area contributed by atoms with Crippen LogP contribution < -0.4 is 10.2 Å². The van der Waals surface area contributed by atoms with Gasteiger partial charge in [0.25, 0.3) is 5.91 Å². The number of nitrogens with one attached hydrogen (secondary N) is 1. The molecule has 0 aliphatic carbocycles. The lowest BCUT2D eigenvalue weighted by Gasteiger charge is -2.04. The number of carbonyl (C=O) groups is 1. The van der Waals surface area contributed by atoms with E-state index in [1.807, 2.05) is 6.07 Å². The molecule has 2 aromatic rings. The Kier molecular flexibility index (Phi) is 4.77. The van der Waals surface area contributed by atoms with Gasteiger partial charge in [-0.05, 0) is 36.4 Å². The van der Waals surface area contributed by atoms with Gasteiger partial charge in [0.2, 0.25) is 0 Å². The summed E-state index contributed by atoms with van der Waals surface area (Å²) >= 11 is 0. The number of hydrogen-bond acceptors (Lipinski definition) is 4. The number of carbonyl (C=O) groups excluding carboxylic acids is 1. The molecule has 0 atom stereocenters. The number of aromatic nitrogens is 1. The Hall–Kier alpha value is -2.76. The minimum atomic E-state index is -0.415. The Morgan fingerprint density at radius 3 is 2.80 bits per heavy atom. The maximum Gasteiger partial charge on any atom is 0.277 e. The highest BCUT2D eigenvalue weighted by atomic mass is 19.1. The molecule has 0 saturated carbocycles. The van der Waals surface area contributed by atoms with Gasteiger partial charge < -0.3 is 4.74 Å². The van der Waals surface area contributed by atoms with Gasteiger partial charge in [-0.25, -0.2) is 9.82 Å². The topological polar surface area (TPSA) is 63.6 Å². The van der Waals surface area contributed by atoms with Crippen molar-refractivity contribution >= 4 is 12.1 Å². The van der Waals surface area contributed by atoms with E-state index < -0.39 is 5.91 Å². The number of halogens is 1. The van der Waals surface area contributed by atoms with Crippen LogP contribution in [0.1, 0.15) is 5.69 Å². The number of benzene rings is 1. The lowest BCUT2D eigenvalue weighted by Crippen LogP contribution is -2.24. The van der Waals surface area contributed by atoms with Gasteiger partial charge in [-0.2, -0.15) is 5.10 Å². The van der Waals surface area contributed by atoms with E-state index in [2.05, 4.69) is 15.5 Å². The smallest absolute Gasteiger partial charge is 0.277 e. The van der Waals surface area contributed by atoms with Crippen molar-refractivity contribution in [1.29, 1.82) is 0 Å². The number of rotatable bonds is 5. The fourth-order valence-electron chi connectivity index (χ4n) is 1.33. The number of nitrogens with zero attached hydrogens (tertiary/aromatic N) is 2. The largest absolute Gasteiger partial charge is 0.484 e. The number of hydrogen-bond donors (Lipinski definition) is 1. The summed E-state index contributed by atoms with van der Waals surface area (Å²) in [5, 5.41) is 3.74. The number of hydrazone groups is 1. The summed E-state index contributed by atoms with van der Waals surface area (Å²) < 4.78 is 17.8. The number of amides is 1. The van der Waals surface area contributed by atoms with E-state index in [1.54, 1.807) is 18.3 Å². The summed E-state index contributed by atoms with van der Waals surface area (Å²) in [6.45, 7) is -0.203. The van der Waals surface area contributed by atoms with E-state index in [0.29, 0.717) is 11.4 Å². The molecule has 1 heterocycles. The molecule has 0 spiro atoms. The minimum absolute atomic E-state index is 0.203. The van der Waals surface area contributed by atoms with Gasteiger partial charge in [0.05, 0.1) is 11.9 Å². The molecule has 2 rings (SSSR count). The van der Waals surface area contributed by atoms with Crippen LogP contribution in [0.3, 0.4) is 0 Å². The predicted octanol–water partition coefficient (Wildman–Crippen LogP) is 1.75. The van der Waals surface area contributed by atoms with Crippen molar-refractivity contribution in [3.8, 4) is 5.75 Å². The van der Waals surface area contributed by atoms with E-state index in [0.717, 1.165) is 0 Å². The van der Waals surface area contributed by atoms with Crippen molar-refractivity contribution < 1.29 is 13.9 Å². The maximum absolute atomic E-state index is 12.7. The standard InChI is InChI=1S/C14H12FN3O2/c15-11-4-6-13(7-5-11)20-10-14(19)18-17-9-12-3-1-2-8-16-12/h1-9H,10H2,(H,18,19)/b17-9+. The molecular weight excluding hydrogens is 261 g/mol. The van der Waals surface area contributed by atoms with Crippen molar-refractivity contribution in [2.45, 2.75) is 0 Å². The van der Waals surface area contributed by atoms with Crippen LogP contribution in [0.2, 0.25) is 0 Å². The lowest BCUT2D eigenvalue weighted by atomic mass is 10.3. The van der Waals surface area contributed by atoms with Crippen LogP contribution in [0.4, 0.5) is 4.39 Å². The molecule has 102 valence electrons. The first-order valence-electron chi connectivity index (χ1n) is 5.85. The Balaban J connectivity index is 1.76. The number of pyridine rings is 1. The summed E-state index contributed by atoms with van der Waals surface area (Å²) in [5.41, 5.74) is 2.94. The van der Waals surface area contributed by atoms with Crippen LogP contribution in [-0.4, -0.2) is 23.7 Å². The van der Waals surface area contributed by atoms with E-state index in [1.165, 1.54) is 30.5 Å². The monoisotopic (exact) mass is 273 g/mol. The summed E-state index contributed by atoms with van der Waals surface area (Å²) in [5.74, 6) is -0.362. The Morgan fingerprint density at radius 2 is 2.10 bits per heavy atom. The van der Waals surface area contributed by atoms with Gasteiger partial charge >= 0.3 is 0 Å². The third kappa shape index (κ3) is 4.49. The molecule has 0 radical (unpaired) electrons. The maximum atomic E-state index is 12.7. The second-order valence-electron chi connectivity index (χ2n) is 3.79. The molecule has 0 unspecified atom stereocenters. The second kappa shape index (κ2) is 6.98. The molecule has 5 nitrogen and oxygen atoms in total. The normalized spacial score (nSPS) is 10.4. The zero-order valence-electron chi connectivity index (χ0n) is 10.5. The quantitative estimate of drug-likeness (QED) is 0.666. The van der Waals surface area contributed by atoms with Gasteiger partial charge in [0, 0.05) is 6.20 Å². The minimum Gasteiger partial charge on any atom is -0.484 e. The van der Waals surface area contributed by atoms with Crippen LogP contribution in [-0.2, 0) is 4.79 Å². The molecule has 0 fully saturated rings. The van der Waals surface area contributed by atoms with Gasteiger partial charge in [0.15, 0.2) is 6.61 Å². The van der Waals surface area contributed by atoms with Gasteiger partial charge in [-0.3, -0.25) is 9.78 Å². The van der Waals surface area contributed by atoms with Crippen molar-refractivity contribution in [2.24, 2.45) is 5.10 Å². The average Bonchev–Trinajstić information content (AvgIpc) is 2.48. The molecular formula is C14H12FN3O2. The third-order valence-electron chi connectivity index (χ3n) is 2.26. The Bertz CT molecular complexity index is 585. The van der Waals surface area contributed by atoms with Crippen LogP contribution in [0, 0.1) is 5.82 Å². The van der Waals surface area contributed by atoms with Crippen LogP contribution in [0.25, 0.3) is 0 Å². The molecule has 1 amide bonds. The molecule has 20 heavy (non-hydrogen) atoms. The molecule has 0 aliphatic heterocycles. The fourth-order valence-corrected chi connectivity index (χ4v) is 1.33. The third-order valence-corrected chi connectivity index (χ3v) is 2.26. The summed E-state index contributed by atoms with van der Waals surface area (Å²) in [4.78, 5) is 15.4. The molecule has 1 aromatic heterocycles. The highest BCUT2D eigenvalue weighted by Gasteiger charge is 2.01. The van der Waals surface area contributed by atoms with Gasteiger partial charge in [-0.1, -0.05) is 6.07 Å². The van der Waals surface area contributed by atoms with Crippen molar-refractivity contribution in [3.63, 3.8) is 0 Å². The van der Waals surface area contributed by atoms with E-state index >= 15 is 0 Å². The van der Waals surface area contributed by atoms with E-state index in [4.69, 9.17) is 4.74 Å². The molecule has 0 saturated heterocycles. The van der Waals surface area contributed by atoms with Gasteiger partial charge in [0.1, 0.15) is 11.6 Å². The molecule has 1 N–H and O–H groups in total. The Morgan fingerprint density at radius 1 is 1.30 bits per heavy atom. The second-order valence-corrected chi connectivity index (χ2v) is 3.79. The van der Waals surface area contributed by atoms with Crippen LogP contribution >= 0.6 is 0 Å². The average molecular weight is 273 g/mol. The van der Waals surface area contributed by atoms with Gasteiger partial charge in [-0.15, -0.1) is 0 Å². The van der Waals surface area contributed by atoms with E-state index in [9.17, 15) is 9.18 Å². The fraction of sp³-hybridized carbons (Fsp3) is 0.0714. The van der Waals surface area contributed by atoms with Crippen molar-refractivity contribution in [3.05, 3.63) is 60.2 Å². The zero-order chi connectivity index (χ0) is 14.2. The first kappa shape index (κ1) is 13.7. The number of ether oxygens (including phenoxy) is 1. The molecule has 0 aliphatic rings.